The summed E-state index contributed by atoms with van der Waals surface area (Å²) in [6.07, 6.45) is 0. The summed E-state index contributed by atoms with van der Waals surface area (Å²) in [4.78, 5) is 6.72. The molecule has 0 bridgehead atoms. The Bertz CT molecular complexity index is 340. The molecule has 1 saturated heterocycles. The molecule has 1 aromatic carbocycles. The fourth-order valence-electron chi connectivity index (χ4n) is 1.52. The van der Waals surface area contributed by atoms with E-state index in [2.05, 4.69) is 34.2 Å². The van der Waals surface area contributed by atoms with E-state index in [4.69, 9.17) is 11.6 Å². The Hall–Kier alpha value is -0.670. The number of anilines is 1. The molecular formula is C11H13ClN2S. The number of alkyl halides is 1. The van der Waals surface area contributed by atoms with E-state index >= 15 is 0 Å². The maximum atomic E-state index is 5.64. The van der Waals surface area contributed by atoms with Crippen molar-refractivity contribution in [3.05, 3.63) is 30.3 Å². The molecule has 1 aliphatic heterocycles. The minimum atomic E-state index is 0.590. The molecular weight excluding hydrogens is 228 g/mol. The quantitative estimate of drug-likeness (QED) is 0.755. The molecule has 15 heavy (non-hydrogen) atoms. The Morgan fingerprint density at radius 2 is 2.13 bits per heavy atom. The Morgan fingerprint density at radius 1 is 1.33 bits per heavy atom. The molecule has 0 amide bonds. The number of rotatable bonds is 3. The van der Waals surface area contributed by atoms with Crippen LogP contribution in [0.2, 0.25) is 0 Å². The number of amidine groups is 1. The van der Waals surface area contributed by atoms with Crippen molar-refractivity contribution in [3.8, 4) is 0 Å². The Labute approximate surface area is 99.3 Å². The van der Waals surface area contributed by atoms with E-state index < -0.39 is 0 Å². The van der Waals surface area contributed by atoms with Crippen molar-refractivity contribution in [2.24, 2.45) is 4.99 Å². The van der Waals surface area contributed by atoms with Crippen LogP contribution >= 0.6 is 23.4 Å². The van der Waals surface area contributed by atoms with Gasteiger partial charge in [0.2, 0.25) is 0 Å². The topological polar surface area (TPSA) is 15.6 Å². The van der Waals surface area contributed by atoms with Crippen LogP contribution in [0.15, 0.2) is 35.3 Å². The minimum absolute atomic E-state index is 0.590. The second kappa shape index (κ2) is 5.42. The van der Waals surface area contributed by atoms with E-state index in [1.165, 1.54) is 5.69 Å². The zero-order valence-electron chi connectivity index (χ0n) is 8.40. The molecule has 0 saturated carbocycles. The van der Waals surface area contributed by atoms with Crippen LogP contribution in [0.1, 0.15) is 0 Å². The summed E-state index contributed by atoms with van der Waals surface area (Å²) in [7, 11) is 0. The van der Waals surface area contributed by atoms with Gasteiger partial charge in [-0.2, -0.15) is 0 Å². The zero-order chi connectivity index (χ0) is 10.5. The first kappa shape index (κ1) is 10.8. The molecule has 0 unspecified atom stereocenters. The SMILES string of the molecule is ClCCN=C1SCCN1c1ccccc1. The lowest BCUT2D eigenvalue weighted by molar-refractivity contribution is 1.07. The van der Waals surface area contributed by atoms with Crippen LogP contribution in [0, 0.1) is 0 Å². The fraction of sp³-hybridized carbons (Fsp3) is 0.364. The first-order chi connectivity index (χ1) is 7.42. The van der Waals surface area contributed by atoms with Gasteiger partial charge in [0, 0.05) is 23.9 Å². The second-order valence-electron chi connectivity index (χ2n) is 3.19. The van der Waals surface area contributed by atoms with E-state index in [0.717, 1.165) is 17.5 Å². The maximum absolute atomic E-state index is 5.64. The van der Waals surface area contributed by atoms with Gasteiger partial charge in [0.15, 0.2) is 5.17 Å². The van der Waals surface area contributed by atoms with Gasteiger partial charge >= 0.3 is 0 Å². The van der Waals surface area contributed by atoms with Crippen LogP contribution in [0.4, 0.5) is 5.69 Å². The van der Waals surface area contributed by atoms with Gasteiger partial charge in [0.05, 0.1) is 6.54 Å². The lowest BCUT2D eigenvalue weighted by Gasteiger charge is -2.17. The summed E-state index contributed by atoms with van der Waals surface area (Å²) in [5.41, 5.74) is 1.22. The third-order valence-electron chi connectivity index (χ3n) is 2.18. The molecule has 2 nitrogen and oxygen atoms in total. The molecule has 1 aliphatic rings. The van der Waals surface area contributed by atoms with E-state index in [1.54, 1.807) is 11.8 Å². The van der Waals surface area contributed by atoms with Crippen molar-refractivity contribution in [2.45, 2.75) is 0 Å². The van der Waals surface area contributed by atoms with Crippen molar-refractivity contribution < 1.29 is 0 Å². The molecule has 0 spiro atoms. The van der Waals surface area contributed by atoms with Crippen LogP contribution in [0.5, 0.6) is 0 Å². The highest BCUT2D eigenvalue weighted by Gasteiger charge is 2.20. The maximum Gasteiger partial charge on any atom is 0.163 e. The van der Waals surface area contributed by atoms with Crippen molar-refractivity contribution in [1.82, 2.24) is 0 Å². The van der Waals surface area contributed by atoms with Crippen molar-refractivity contribution in [1.29, 1.82) is 0 Å². The van der Waals surface area contributed by atoms with Gasteiger partial charge < -0.3 is 4.90 Å². The van der Waals surface area contributed by atoms with Crippen molar-refractivity contribution in [3.63, 3.8) is 0 Å². The van der Waals surface area contributed by atoms with E-state index in [9.17, 15) is 0 Å². The number of thioether (sulfide) groups is 1. The largest absolute Gasteiger partial charge is 0.320 e. The average Bonchev–Trinajstić information content (AvgIpc) is 2.75. The lowest BCUT2D eigenvalue weighted by atomic mass is 10.3. The molecule has 0 N–H and O–H groups in total. The standard InChI is InChI=1S/C11H13ClN2S/c12-6-7-13-11-14(8-9-15-11)10-4-2-1-3-5-10/h1-5H,6-9H2. The highest BCUT2D eigenvalue weighted by atomic mass is 35.5. The van der Waals surface area contributed by atoms with Gasteiger partial charge in [0.1, 0.15) is 0 Å². The van der Waals surface area contributed by atoms with Gasteiger partial charge in [0.25, 0.3) is 0 Å². The van der Waals surface area contributed by atoms with Gasteiger partial charge in [-0.1, -0.05) is 30.0 Å². The Kier molecular flexibility index (Phi) is 3.92. The summed E-state index contributed by atoms with van der Waals surface area (Å²) in [5.74, 6) is 1.70. The minimum Gasteiger partial charge on any atom is -0.320 e. The smallest absolute Gasteiger partial charge is 0.163 e. The average molecular weight is 241 g/mol. The molecule has 0 radical (unpaired) electrons. The third kappa shape index (κ3) is 2.67. The monoisotopic (exact) mass is 240 g/mol. The van der Waals surface area contributed by atoms with Gasteiger partial charge in [-0.3, -0.25) is 4.99 Å². The number of nitrogens with zero attached hydrogens (tertiary/aromatic N) is 2. The number of aliphatic imine (C=N–C) groups is 1. The number of halogens is 1. The van der Waals surface area contributed by atoms with Gasteiger partial charge in [-0.05, 0) is 12.1 Å². The molecule has 0 atom stereocenters. The molecule has 1 aromatic rings. The van der Waals surface area contributed by atoms with Crippen LogP contribution in [0.25, 0.3) is 0 Å². The second-order valence-corrected chi connectivity index (χ2v) is 4.63. The zero-order valence-corrected chi connectivity index (χ0v) is 9.97. The van der Waals surface area contributed by atoms with Crippen molar-refractivity contribution in [2.75, 3.05) is 29.6 Å². The van der Waals surface area contributed by atoms with Gasteiger partial charge in [-0.15, -0.1) is 11.6 Å². The number of benzene rings is 1. The molecule has 80 valence electrons. The highest BCUT2D eigenvalue weighted by molar-refractivity contribution is 8.14. The summed E-state index contributed by atoms with van der Waals surface area (Å²) >= 11 is 7.44. The summed E-state index contributed by atoms with van der Waals surface area (Å²) < 4.78 is 0. The summed E-state index contributed by atoms with van der Waals surface area (Å²) in [6.45, 7) is 1.74. The number of hydrogen-bond acceptors (Lipinski definition) is 2. The molecule has 1 heterocycles. The Morgan fingerprint density at radius 3 is 2.87 bits per heavy atom. The van der Waals surface area contributed by atoms with Crippen LogP contribution < -0.4 is 4.90 Å². The van der Waals surface area contributed by atoms with E-state index in [-0.39, 0.29) is 0 Å². The first-order valence-electron chi connectivity index (χ1n) is 4.97. The summed E-state index contributed by atoms with van der Waals surface area (Å²) in [6, 6.07) is 10.4. The number of hydrogen-bond donors (Lipinski definition) is 0. The van der Waals surface area contributed by atoms with E-state index in [1.807, 2.05) is 6.07 Å². The van der Waals surface area contributed by atoms with Gasteiger partial charge in [-0.25, -0.2) is 0 Å². The molecule has 2 rings (SSSR count). The van der Waals surface area contributed by atoms with Crippen LogP contribution in [0.3, 0.4) is 0 Å². The summed E-state index contributed by atoms with van der Waals surface area (Å²) in [5, 5.41) is 1.10. The predicted molar refractivity (Wildman–Crippen MR) is 69.3 cm³/mol. The normalized spacial score (nSPS) is 18.7. The number of para-hydroxylation sites is 1. The molecule has 0 aromatic heterocycles. The lowest BCUT2D eigenvalue weighted by Crippen LogP contribution is -2.23. The van der Waals surface area contributed by atoms with Crippen LogP contribution in [-0.4, -0.2) is 29.9 Å². The molecule has 1 fully saturated rings. The predicted octanol–water partition coefficient (Wildman–Crippen LogP) is 2.83. The fourth-order valence-corrected chi connectivity index (χ4v) is 2.59. The van der Waals surface area contributed by atoms with E-state index in [0.29, 0.717) is 12.4 Å². The van der Waals surface area contributed by atoms with Crippen LogP contribution in [-0.2, 0) is 0 Å². The Balaban J connectivity index is 2.15. The highest BCUT2D eigenvalue weighted by Crippen LogP contribution is 2.24. The third-order valence-corrected chi connectivity index (χ3v) is 3.34. The molecule has 0 aliphatic carbocycles. The molecule has 4 heteroatoms. The first-order valence-corrected chi connectivity index (χ1v) is 6.49. The van der Waals surface area contributed by atoms with Crippen molar-refractivity contribution >= 4 is 34.2 Å².